The van der Waals surface area contributed by atoms with E-state index in [0.717, 1.165) is 25.9 Å². The van der Waals surface area contributed by atoms with E-state index in [1.54, 1.807) is 25.6 Å². The van der Waals surface area contributed by atoms with Gasteiger partial charge in [0, 0.05) is 37.1 Å². The standard InChI is InChI=1S/C29H36N2O4S.ClH/c1-33-13-7-14-35-28-17-23(11-12-27(28)34-2)29(32)31(21-26-10-6-15-36-26)20-25-19-30-18-24(25)16-22-8-4-3-5-9-22;/h3-6,8-12,15,17,24-25,30H,7,13-14,16,18-21H2,1-2H3;1H/t24-,25+;/m0./s1. The predicted molar refractivity (Wildman–Crippen MR) is 151 cm³/mol. The number of nitrogens with one attached hydrogen (secondary N) is 1. The van der Waals surface area contributed by atoms with E-state index >= 15 is 0 Å². The van der Waals surface area contributed by atoms with Crippen molar-refractivity contribution in [2.75, 3.05) is 47.1 Å². The summed E-state index contributed by atoms with van der Waals surface area (Å²) in [7, 11) is 3.29. The molecule has 0 unspecified atom stereocenters. The summed E-state index contributed by atoms with van der Waals surface area (Å²) < 4.78 is 16.5. The normalized spacial score (nSPS) is 16.7. The molecular formula is C29H37ClN2O4S. The first-order valence-electron chi connectivity index (χ1n) is 12.5. The van der Waals surface area contributed by atoms with Crippen molar-refractivity contribution in [3.05, 3.63) is 82.0 Å². The van der Waals surface area contributed by atoms with Crippen molar-refractivity contribution in [1.82, 2.24) is 10.2 Å². The third-order valence-electron chi connectivity index (χ3n) is 6.65. The zero-order valence-electron chi connectivity index (χ0n) is 21.6. The molecule has 0 saturated carbocycles. The lowest BCUT2D eigenvalue weighted by atomic mass is 9.89. The number of rotatable bonds is 13. The first kappa shape index (κ1) is 29.0. The third-order valence-corrected chi connectivity index (χ3v) is 7.51. The van der Waals surface area contributed by atoms with Gasteiger partial charge >= 0.3 is 0 Å². The lowest BCUT2D eigenvalue weighted by Gasteiger charge is -2.28. The van der Waals surface area contributed by atoms with Crippen molar-refractivity contribution in [2.24, 2.45) is 11.8 Å². The van der Waals surface area contributed by atoms with Gasteiger partial charge in [0.05, 0.1) is 20.3 Å². The summed E-state index contributed by atoms with van der Waals surface area (Å²) >= 11 is 1.68. The van der Waals surface area contributed by atoms with E-state index in [0.29, 0.717) is 55.2 Å². The number of ether oxygens (including phenoxy) is 3. The number of carbonyl (C=O) groups excluding carboxylic acids is 1. The van der Waals surface area contributed by atoms with E-state index in [9.17, 15) is 4.79 Å². The van der Waals surface area contributed by atoms with E-state index in [1.165, 1.54) is 10.4 Å². The number of amides is 1. The number of hydrogen-bond acceptors (Lipinski definition) is 6. The van der Waals surface area contributed by atoms with Crippen LogP contribution in [-0.4, -0.2) is 57.9 Å². The summed E-state index contributed by atoms with van der Waals surface area (Å²) in [4.78, 5) is 17.0. The Kier molecular flexibility index (Phi) is 11.7. The molecule has 1 saturated heterocycles. The molecule has 2 heterocycles. The molecule has 200 valence electrons. The second-order valence-corrected chi connectivity index (χ2v) is 10.2. The van der Waals surface area contributed by atoms with E-state index in [1.807, 2.05) is 29.2 Å². The van der Waals surface area contributed by atoms with Crippen molar-refractivity contribution in [2.45, 2.75) is 19.4 Å². The van der Waals surface area contributed by atoms with Crippen molar-refractivity contribution in [1.29, 1.82) is 0 Å². The maximum Gasteiger partial charge on any atom is 0.254 e. The molecule has 2 aromatic carbocycles. The van der Waals surface area contributed by atoms with Crippen LogP contribution in [0, 0.1) is 11.8 Å². The van der Waals surface area contributed by atoms with Crippen LogP contribution in [0.4, 0.5) is 0 Å². The van der Waals surface area contributed by atoms with Crippen molar-refractivity contribution in [3.63, 3.8) is 0 Å². The molecule has 8 heteroatoms. The van der Waals surface area contributed by atoms with Gasteiger partial charge in [0.25, 0.3) is 5.91 Å². The minimum atomic E-state index is 0. The van der Waals surface area contributed by atoms with Crippen LogP contribution in [0.3, 0.4) is 0 Å². The van der Waals surface area contributed by atoms with Gasteiger partial charge < -0.3 is 24.4 Å². The molecule has 6 nitrogen and oxygen atoms in total. The topological polar surface area (TPSA) is 60.0 Å². The molecule has 1 N–H and O–H groups in total. The fourth-order valence-corrected chi connectivity index (χ4v) is 5.46. The van der Waals surface area contributed by atoms with Gasteiger partial charge in [0.1, 0.15) is 0 Å². The molecule has 0 spiro atoms. The van der Waals surface area contributed by atoms with Crippen LogP contribution >= 0.6 is 23.7 Å². The van der Waals surface area contributed by atoms with Crippen LogP contribution < -0.4 is 14.8 Å². The first-order valence-corrected chi connectivity index (χ1v) is 13.4. The SMILES string of the molecule is COCCCOc1cc(C(=O)N(Cc2cccs2)C[C@H]2CNC[C@@H]2Cc2ccccc2)ccc1OC.Cl. The number of carbonyl (C=O) groups is 1. The molecule has 0 aliphatic carbocycles. The Balaban J connectivity index is 0.00000380. The molecule has 3 aromatic rings. The molecule has 0 radical (unpaired) electrons. The highest BCUT2D eigenvalue weighted by Crippen LogP contribution is 2.30. The zero-order chi connectivity index (χ0) is 25.2. The largest absolute Gasteiger partial charge is 0.493 e. The Labute approximate surface area is 230 Å². The number of nitrogens with zero attached hydrogens (tertiary/aromatic N) is 1. The molecule has 37 heavy (non-hydrogen) atoms. The van der Waals surface area contributed by atoms with Gasteiger partial charge in [0.2, 0.25) is 0 Å². The summed E-state index contributed by atoms with van der Waals surface area (Å²) in [5.74, 6) is 2.09. The smallest absolute Gasteiger partial charge is 0.254 e. The Morgan fingerprint density at radius 1 is 1.00 bits per heavy atom. The molecule has 2 atom stereocenters. The second-order valence-electron chi connectivity index (χ2n) is 9.19. The predicted octanol–water partition coefficient (Wildman–Crippen LogP) is 5.31. The molecule has 1 fully saturated rings. The fraction of sp³-hybridized carbons (Fsp3) is 0.414. The fourth-order valence-electron chi connectivity index (χ4n) is 4.74. The van der Waals surface area contributed by atoms with Crippen LogP contribution in [-0.2, 0) is 17.7 Å². The third kappa shape index (κ3) is 8.20. The minimum absolute atomic E-state index is 0. The molecule has 4 rings (SSSR count). The lowest BCUT2D eigenvalue weighted by molar-refractivity contribution is 0.0706. The zero-order valence-corrected chi connectivity index (χ0v) is 23.2. The minimum Gasteiger partial charge on any atom is -0.493 e. The van der Waals surface area contributed by atoms with Crippen LogP contribution in [0.1, 0.15) is 27.2 Å². The molecule has 0 bridgehead atoms. The van der Waals surface area contributed by atoms with E-state index < -0.39 is 0 Å². The summed E-state index contributed by atoms with van der Waals surface area (Å²) in [5.41, 5.74) is 1.96. The first-order chi connectivity index (χ1) is 17.7. The Hall–Kier alpha value is -2.58. The van der Waals surface area contributed by atoms with Gasteiger partial charge in [-0.15, -0.1) is 23.7 Å². The maximum absolute atomic E-state index is 13.8. The highest BCUT2D eigenvalue weighted by molar-refractivity contribution is 7.09. The van der Waals surface area contributed by atoms with Gasteiger partial charge in [0.15, 0.2) is 11.5 Å². The monoisotopic (exact) mass is 544 g/mol. The van der Waals surface area contributed by atoms with Crippen LogP contribution in [0.25, 0.3) is 0 Å². The number of thiophene rings is 1. The summed E-state index contributed by atoms with van der Waals surface area (Å²) in [6.07, 6.45) is 1.78. The molecule has 1 aliphatic rings. The van der Waals surface area contributed by atoms with Gasteiger partial charge in [-0.25, -0.2) is 0 Å². The molecule has 1 aliphatic heterocycles. The van der Waals surface area contributed by atoms with Gasteiger partial charge in [-0.05, 0) is 66.6 Å². The maximum atomic E-state index is 13.8. The Bertz CT molecular complexity index is 1080. The average molecular weight is 545 g/mol. The highest BCUT2D eigenvalue weighted by atomic mass is 35.5. The number of hydrogen-bond donors (Lipinski definition) is 1. The Morgan fingerprint density at radius 3 is 2.54 bits per heavy atom. The van der Waals surface area contributed by atoms with E-state index in [2.05, 4.69) is 47.1 Å². The number of methoxy groups -OCH3 is 2. The van der Waals surface area contributed by atoms with Gasteiger partial charge in [-0.1, -0.05) is 36.4 Å². The molecule has 1 amide bonds. The van der Waals surface area contributed by atoms with Crippen molar-refractivity contribution in [3.8, 4) is 11.5 Å². The van der Waals surface area contributed by atoms with Crippen LogP contribution in [0.5, 0.6) is 11.5 Å². The molecule has 1 aromatic heterocycles. The van der Waals surface area contributed by atoms with Gasteiger partial charge in [-0.3, -0.25) is 4.79 Å². The van der Waals surface area contributed by atoms with Crippen LogP contribution in [0.2, 0.25) is 0 Å². The quantitative estimate of drug-likeness (QED) is 0.295. The van der Waals surface area contributed by atoms with Gasteiger partial charge in [-0.2, -0.15) is 0 Å². The number of benzene rings is 2. The highest BCUT2D eigenvalue weighted by Gasteiger charge is 2.31. The Morgan fingerprint density at radius 2 is 1.81 bits per heavy atom. The summed E-state index contributed by atoms with van der Waals surface area (Å²) in [6, 6.07) is 20.2. The average Bonchev–Trinajstić information content (AvgIpc) is 3.58. The lowest BCUT2D eigenvalue weighted by Crippen LogP contribution is -2.37. The summed E-state index contributed by atoms with van der Waals surface area (Å²) in [6.45, 7) is 4.31. The van der Waals surface area contributed by atoms with Crippen molar-refractivity contribution < 1.29 is 19.0 Å². The van der Waals surface area contributed by atoms with Crippen molar-refractivity contribution >= 4 is 29.7 Å². The number of halogens is 1. The second kappa shape index (κ2) is 15.0. The summed E-state index contributed by atoms with van der Waals surface area (Å²) in [5, 5.41) is 5.62. The van der Waals surface area contributed by atoms with E-state index in [-0.39, 0.29) is 18.3 Å². The van der Waals surface area contributed by atoms with E-state index in [4.69, 9.17) is 14.2 Å². The molecular weight excluding hydrogens is 508 g/mol. The van der Waals surface area contributed by atoms with Crippen LogP contribution in [0.15, 0.2) is 66.0 Å².